The average molecular weight is 1090 g/mol. The fourth-order valence-corrected chi connectivity index (χ4v) is 19.0. The van der Waals surface area contributed by atoms with E-state index >= 15 is 0 Å². The van der Waals surface area contributed by atoms with E-state index < -0.39 is 17.7 Å². The van der Waals surface area contributed by atoms with Crippen molar-refractivity contribution in [2.75, 3.05) is 0 Å². The van der Waals surface area contributed by atoms with Crippen LogP contribution in [-0.2, 0) is 17.7 Å². The third kappa shape index (κ3) is 3.47. The van der Waals surface area contributed by atoms with Crippen LogP contribution in [0.15, 0.2) is 219 Å². The Bertz CT molecular complexity index is 6220. The van der Waals surface area contributed by atoms with Gasteiger partial charge in [0, 0.05) is 131 Å². The summed E-state index contributed by atoms with van der Waals surface area (Å²) in [5.74, 6) is -2.95. The molecule has 0 fully saturated rings. The van der Waals surface area contributed by atoms with Gasteiger partial charge in [-0.1, -0.05) is 0 Å². The van der Waals surface area contributed by atoms with Crippen molar-refractivity contribution in [1.29, 1.82) is 0 Å². The van der Waals surface area contributed by atoms with Gasteiger partial charge >= 0.3 is 72.9 Å². The first-order valence-corrected chi connectivity index (χ1v) is 29.3. The molecule has 2 atom stereocenters. The standard InChI is InChI=1S/C71H36N14/c1-3-49-63-43(23-29-72-49)51-17-11-37-5-7-39-13-19-53-45-27-35-78-67-47(25-33-76(65(45)67)69(74(63)31-1)80(51)57(37)59(39)82(53)69)55-21-15-41-9-10-42-16-22-56-48-26-34-77-66-46(28-36-79(68(48)66)71(78)84(55)61(41)62(42)85(56)71)54-20-14-40-8-6-38-12-18-52-44-24-30-73-50-4-2-32-75(64(44)50)70(77)81(52)58(38)60(40)83(54)70/h1-36H/q+12. The minimum atomic E-state index is -1.05. The Morgan fingerprint density at radius 3 is 0.718 bits per heavy atom. The van der Waals surface area contributed by atoms with Crippen LogP contribution in [-0.4, -0.2) is 9.97 Å². The van der Waals surface area contributed by atoms with E-state index in [-0.39, 0.29) is 0 Å². The van der Waals surface area contributed by atoms with Gasteiger partial charge < -0.3 is 0 Å². The summed E-state index contributed by atoms with van der Waals surface area (Å²) in [6.07, 6.45) is 18.2. The SMILES string of the molecule is c1cc2nccc3c2[n+](c1)C12[n+]4ccc5c6c4c(cc[n+]6C46[n+]7ccc8c9c7c(cc[n+]9C79[n+]%10cccc%11nccc(c%11%10)-c%10ccc%11ccc%12ccc-8[n+]7c%12c%11[n+]%109)-c7ccc8ccc9ccc-5[n+]4c9c8[n+]76)-c4ccc5ccc6ccc-3[n+]1c6c5[n+]42. The van der Waals surface area contributed by atoms with Crippen LogP contribution in [0.2, 0.25) is 0 Å². The van der Waals surface area contributed by atoms with Crippen LogP contribution in [0.4, 0.5) is 0 Å². The second kappa shape index (κ2) is 11.8. The smallest absolute Gasteiger partial charge is 0.250 e. The van der Waals surface area contributed by atoms with Crippen molar-refractivity contribution in [3.63, 3.8) is 0 Å². The van der Waals surface area contributed by atoms with E-state index in [0.717, 1.165) is 78.3 Å². The van der Waals surface area contributed by atoms with Crippen LogP contribution in [0.3, 0.4) is 0 Å². The fourth-order valence-electron chi connectivity index (χ4n) is 19.0. The summed E-state index contributed by atoms with van der Waals surface area (Å²) in [6.45, 7) is 0. The Balaban J connectivity index is 0.869. The number of pyridine rings is 14. The summed E-state index contributed by atoms with van der Waals surface area (Å²) in [5, 5.41) is 7.22. The first kappa shape index (κ1) is 39.7. The summed E-state index contributed by atoms with van der Waals surface area (Å²) in [7, 11) is 0. The number of hydrogen-bond donors (Lipinski definition) is 0. The summed E-state index contributed by atoms with van der Waals surface area (Å²) in [4.78, 5) is 10.2. The lowest BCUT2D eigenvalue weighted by atomic mass is 9.96. The molecule has 14 aromatic heterocycles. The third-order valence-corrected chi connectivity index (χ3v) is 21.7. The highest BCUT2D eigenvalue weighted by molar-refractivity contribution is 6.06. The Morgan fingerprint density at radius 2 is 0.447 bits per heavy atom. The lowest BCUT2D eigenvalue weighted by molar-refractivity contribution is -1.30. The van der Waals surface area contributed by atoms with Gasteiger partial charge in [0.05, 0.1) is 32.3 Å². The van der Waals surface area contributed by atoms with Crippen molar-refractivity contribution < 1.29 is 54.8 Å². The molecule has 23 heterocycles. The van der Waals surface area contributed by atoms with Crippen molar-refractivity contribution in [2.45, 2.75) is 17.7 Å². The van der Waals surface area contributed by atoms with Crippen molar-refractivity contribution in [3.05, 3.63) is 219 Å². The van der Waals surface area contributed by atoms with E-state index in [4.69, 9.17) is 9.97 Å². The molecule has 0 N–H and O–H groups in total. The zero-order valence-corrected chi connectivity index (χ0v) is 44.5. The van der Waals surface area contributed by atoms with E-state index in [2.05, 4.69) is 262 Å². The highest BCUT2D eigenvalue weighted by atomic mass is 15.6. The Labute approximate surface area is 476 Å². The minimum absolute atomic E-state index is 0.952. The predicted molar refractivity (Wildman–Crippen MR) is 305 cm³/mol. The van der Waals surface area contributed by atoms with Crippen LogP contribution in [0.5, 0.6) is 0 Å². The van der Waals surface area contributed by atoms with Crippen LogP contribution in [0.25, 0.3) is 177 Å². The maximum absolute atomic E-state index is 5.08. The van der Waals surface area contributed by atoms with Crippen molar-refractivity contribution >= 4 is 110 Å². The average Bonchev–Trinajstić information content (AvgIpc) is 1.56. The number of rotatable bonds is 0. The molecule has 378 valence electrons. The highest BCUT2D eigenvalue weighted by Crippen LogP contribution is 2.47. The lowest BCUT2D eigenvalue weighted by Crippen LogP contribution is -3.00. The van der Waals surface area contributed by atoms with Gasteiger partial charge in [0.15, 0.2) is 37.2 Å². The van der Waals surface area contributed by atoms with Gasteiger partial charge in [0.25, 0.3) is 11.0 Å². The van der Waals surface area contributed by atoms with Gasteiger partial charge in [0.1, 0.15) is 44.4 Å². The Hall–Kier alpha value is -11.6. The molecular weight excluding hydrogens is 1050 g/mol. The van der Waals surface area contributed by atoms with E-state index in [1.807, 2.05) is 12.4 Å². The van der Waals surface area contributed by atoms with Crippen molar-refractivity contribution in [1.82, 2.24) is 9.97 Å². The quantitative estimate of drug-likeness (QED) is 0.160. The summed E-state index contributed by atoms with van der Waals surface area (Å²) < 4.78 is 31.5. The highest BCUT2D eigenvalue weighted by Gasteiger charge is 2.88. The molecule has 0 aliphatic carbocycles. The van der Waals surface area contributed by atoms with E-state index in [0.29, 0.717) is 0 Å². The normalized spacial score (nSPS) is 19.7. The number of aromatic nitrogens is 14. The summed E-state index contributed by atoms with van der Waals surface area (Å²) >= 11 is 0. The first-order valence-electron chi connectivity index (χ1n) is 29.3. The van der Waals surface area contributed by atoms with E-state index in [1.54, 1.807) is 0 Å². The lowest BCUT2D eigenvalue weighted by Gasteiger charge is -2.24. The second-order valence-electron chi connectivity index (χ2n) is 24.7. The minimum Gasteiger partial charge on any atom is -0.250 e. The van der Waals surface area contributed by atoms with E-state index in [9.17, 15) is 0 Å². The number of nitrogens with zero attached hydrogens (tertiary/aromatic N) is 14. The van der Waals surface area contributed by atoms with Crippen molar-refractivity contribution in [2.24, 2.45) is 0 Å². The molecule has 0 bridgehead atoms. The van der Waals surface area contributed by atoms with Crippen LogP contribution < -0.4 is 54.8 Å². The zero-order valence-electron chi connectivity index (χ0n) is 44.5. The van der Waals surface area contributed by atoms with Gasteiger partial charge in [-0.2, -0.15) is 0 Å². The molecule has 9 aliphatic heterocycles. The summed E-state index contributed by atoms with van der Waals surface area (Å²) in [6, 6.07) is 64.9. The zero-order chi connectivity index (χ0) is 53.8. The monoisotopic (exact) mass is 1080 g/mol. The second-order valence-corrected chi connectivity index (χ2v) is 24.7. The third-order valence-electron chi connectivity index (χ3n) is 21.7. The molecule has 0 saturated heterocycles. The van der Waals surface area contributed by atoms with Gasteiger partial charge in [-0.15, -0.1) is 0 Å². The van der Waals surface area contributed by atoms with Crippen LogP contribution in [0, 0.1) is 0 Å². The number of hydrogen-bond acceptors (Lipinski definition) is 2. The summed E-state index contributed by atoms with van der Waals surface area (Å²) in [5.41, 5.74) is 30.0. The molecule has 85 heavy (non-hydrogen) atoms. The molecule has 2 unspecified atom stereocenters. The maximum atomic E-state index is 5.08. The molecule has 0 radical (unpaired) electrons. The fraction of sp³-hybridized carbons (Fsp3) is 0.0423. The van der Waals surface area contributed by atoms with Crippen molar-refractivity contribution in [3.8, 4) is 67.5 Å². The van der Waals surface area contributed by atoms with Gasteiger partial charge in [-0.3, -0.25) is 0 Å². The molecule has 3 spiro atoms. The molecule has 14 heteroatoms. The molecular formula is C71H36N14+12. The molecule has 26 rings (SSSR count). The largest absolute Gasteiger partial charge is 0.771 e. The topological polar surface area (TPSA) is 72.3 Å². The molecule has 0 saturated carbocycles. The molecule has 0 amide bonds. The Kier molecular flexibility index (Phi) is 5.53. The molecule has 14 nitrogen and oxygen atoms in total. The van der Waals surface area contributed by atoms with Gasteiger partial charge in [-0.25, -0.2) is 9.97 Å². The van der Waals surface area contributed by atoms with Crippen LogP contribution in [0.1, 0.15) is 0 Å². The number of fused-ring (bicyclic) bond motifs is 6. The number of benzene rings is 3. The molecule has 3 aromatic carbocycles. The molecule has 9 aliphatic rings. The molecule has 17 aromatic rings. The van der Waals surface area contributed by atoms with Crippen LogP contribution >= 0.6 is 0 Å². The van der Waals surface area contributed by atoms with Gasteiger partial charge in [-0.05, 0) is 106 Å². The predicted octanol–water partition coefficient (Wildman–Crippen LogP) is 4.92. The maximum Gasteiger partial charge on any atom is 0.771 e. The van der Waals surface area contributed by atoms with Gasteiger partial charge in [0.2, 0.25) is 34.2 Å². The van der Waals surface area contributed by atoms with E-state index in [1.165, 1.54) is 98.8 Å². The first-order chi connectivity index (χ1) is 42.2. The Morgan fingerprint density at radius 1 is 0.212 bits per heavy atom.